The van der Waals surface area contributed by atoms with E-state index in [1.807, 2.05) is 12.2 Å². The summed E-state index contributed by atoms with van der Waals surface area (Å²) in [5.74, 6) is -1.75. The standard InChI is InChI=1S/C14H10FNO3/c15-7-1-3-8(4-2-7)16-13(17)11-9-5-6-10(19-9)12(11)14(16)18/h1-6,9-12H/t9-,10-,11-,12+/m1/s1. The highest BCUT2D eigenvalue weighted by atomic mass is 19.1. The molecule has 0 unspecified atom stereocenters. The molecule has 2 saturated heterocycles. The molecule has 5 heteroatoms. The molecule has 4 atom stereocenters. The van der Waals surface area contributed by atoms with Gasteiger partial charge in [-0.25, -0.2) is 9.29 Å². The number of anilines is 1. The van der Waals surface area contributed by atoms with Crippen LogP contribution in [-0.4, -0.2) is 24.0 Å². The molecule has 3 aliphatic heterocycles. The third-order valence-electron chi connectivity index (χ3n) is 4.00. The van der Waals surface area contributed by atoms with Crippen LogP contribution in [0.3, 0.4) is 0 Å². The molecule has 0 saturated carbocycles. The Bertz CT molecular complexity index is 580. The number of benzene rings is 1. The number of imide groups is 1. The fraction of sp³-hybridized carbons (Fsp3) is 0.286. The molecular formula is C14H10FNO3. The van der Waals surface area contributed by atoms with E-state index in [0.29, 0.717) is 5.69 Å². The lowest BCUT2D eigenvalue weighted by molar-refractivity contribution is -0.124. The summed E-state index contributed by atoms with van der Waals surface area (Å²) < 4.78 is 18.5. The highest BCUT2D eigenvalue weighted by Gasteiger charge is 2.60. The van der Waals surface area contributed by atoms with Crippen molar-refractivity contribution in [1.82, 2.24) is 0 Å². The van der Waals surface area contributed by atoms with Gasteiger partial charge in [0.25, 0.3) is 0 Å². The van der Waals surface area contributed by atoms with Crippen molar-refractivity contribution in [2.75, 3.05) is 4.90 Å². The molecular weight excluding hydrogens is 249 g/mol. The van der Waals surface area contributed by atoms with Crippen molar-refractivity contribution in [3.8, 4) is 0 Å². The molecule has 3 heterocycles. The van der Waals surface area contributed by atoms with Gasteiger partial charge in [-0.2, -0.15) is 0 Å². The van der Waals surface area contributed by atoms with Crippen molar-refractivity contribution < 1.29 is 18.7 Å². The Balaban J connectivity index is 1.74. The van der Waals surface area contributed by atoms with Crippen LogP contribution in [0.4, 0.5) is 10.1 Å². The number of hydrogen-bond acceptors (Lipinski definition) is 3. The van der Waals surface area contributed by atoms with Gasteiger partial charge in [0, 0.05) is 0 Å². The second-order valence-electron chi connectivity index (χ2n) is 4.99. The Morgan fingerprint density at radius 1 is 0.947 bits per heavy atom. The van der Waals surface area contributed by atoms with E-state index in [0.717, 1.165) is 4.90 Å². The van der Waals surface area contributed by atoms with Gasteiger partial charge >= 0.3 is 0 Å². The lowest BCUT2D eigenvalue weighted by atomic mass is 9.85. The van der Waals surface area contributed by atoms with Crippen molar-refractivity contribution in [2.24, 2.45) is 11.8 Å². The Morgan fingerprint density at radius 3 is 2.00 bits per heavy atom. The second kappa shape index (κ2) is 3.51. The summed E-state index contributed by atoms with van der Waals surface area (Å²) >= 11 is 0. The predicted octanol–water partition coefficient (Wildman–Crippen LogP) is 1.27. The Labute approximate surface area is 108 Å². The average Bonchev–Trinajstić information content (AvgIpc) is 3.06. The monoisotopic (exact) mass is 259 g/mol. The van der Waals surface area contributed by atoms with Crippen molar-refractivity contribution in [3.05, 3.63) is 42.2 Å². The molecule has 0 spiro atoms. The SMILES string of the molecule is O=C1[C@@H]2[C@H](C(=O)N1c1ccc(F)cc1)[C@H]1C=C[C@H]2O1. The summed E-state index contributed by atoms with van der Waals surface area (Å²) in [4.78, 5) is 25.9. The Morgan fingerprint density at radius 2 is 1.47 bits per heavy atom. The maximum atomic E-state index is 12.9. The van der Waals surface area contributed by atoms with E-state index in [9.17, 15) is 14.0 Å². The molecule has 1 aromatic carbocycles. The Kier molecular flexibility index (Phi) is 2.01. The van der Waals surface area contributed by atoms with E-state index < -0.39 is 17.7 Å². The molecule has 2 bridgehead atoms. The second-order valence-corrected chi connectivity index (χ2v) is 4.99. The minimum atomic E-state index is -0.424. The molecule has 0 N–H and O–H groups in total. The van der Waals surface area contributed by atoms with Gasteiger partial charge in [-0.3, -0.25) is 9.59 Å². The van der Waals surface area contributed by atoms with Crippen LogP contribution in [-0.2, 0) is 14.3 Å². The van der Waals surface area contributed by atoms with E-state index >= 15 is 0 Å². The van der Waals surface area contributed by atoms with Crippen LogP contribution in [0.2, 0.25) is 0 Å². The molecule has 96 valence electrons. The zero-order chi connectivity index (χ0) is 13.1. The van der Waals surface area contributed by atoms with Gasteiger partial charge in [0.15, 0.2) is 0 Å². The minimum absolute atomic E-state index is 0.251. The third-order valence-corrected chi connectivity index (χ3v) is 4.00. The normalized spacial score (nSPS) is 35.3. The van der Waals surface area contributed by atoms with Crippen LogP contribution in [0, 0.1) is 17.7 Å². The number of halogens is 1. The first-order valence-electron chi connectivity index (χ1n) is 6.14. The summed E-state index contributed by atoms with van der Waals surface area (Å²) in [7, 11) is 0. The first kappa shape index (κ1) is 10.9. The quantitative estimate of drug-likeness (QED) is 0.563. The van der Waals surface area contributed by atoms with Gasteiger partial charge < -0.3 is 4.74 Å². The van der Waals surface area contributed by atoms with E-state index in [2.05, 4.69) is 0 Å². The lowest BCUT2D eigenvalue weighted by Gasteiger charge is -2.17. The fourth-order valence-electron chi connectivity index (χ4n) is 3.15. The lowest BCUT2D eigenvalue weighted by Crippen LogP contribution is -2.34. The molecule has 4 rings (SSSR count). The molecule has 0 radical (unpaired) electrons. The van der Waals surface area contributed by atoms with Crippen LogP contribution < -0.4 is 4.90 Å². The van der Waals surface area contributed by atoms with Gasteiger partial charge in [-0.1, -0.05) is 12.2 Å². The van der Waals surface area contributed by atoms with E-state index in [4.69, 9.17) is 4.74 Å². The molecule has 0 aromatic heterocycles. The summed E-state index contributed by atoms with van der Waals surface area (Å²) in [6, 6.07) is 5.38. The smallest absolute Gasteiger partial charge is 0.240 e. The van der Waals surface area contributed by atoms with Crippen LogP contribution in [0.1, 0.15) is 0 Å². The zero-order valence-electron chi connectivity index (χ0n) is 9.82. The van der Waals surface area contributed by atoms with Gasteiger partial charge in [0.05, 0.1) is 29.7 Å². The van der Waals surface area contributed by atoms with Crippen LogP contribution >= 0.6 is 0 Å². The van der Waals surface area contributed by atoms with Gasteiger partial charge in [-0.05, 0) is 24.3 Å². The number of amides is 2. The van der Waals surface area contributed by atoms with Crippen LogP contribution in [0.5, 0.6) is 0 Å². The van der Waals surface area contributed by atoms with Crippen molar-refractivity contribution in [2.45, 2.75) is 12.2 Å². The number of hydrogen-bond donors (Lipinski definition) is 0. The summed E-state index contributed by atoms with van der Waals surface area (Å²) in [6.45, 7) is 0. The molecule has 1 aromatic rings. The zero-order valence-corrected chi connectivity index (χ0v) is 9.82. The first-order chi connectivity index (χ1) is 9.16. The molecule has 2 amide bonds. The number of rotatable bonds is 1. The van der Waals surface area contributed by atoms with Gasteiger partial charge in [-0.15, -0.1) is 0 Å². The van der Waals surface area contributed by atoms with Crippen molar-refractivity contribution >= 4 is 17.5 Å². The average molecular weight is 259 g/mol. The number of nitrogens with zero attached hydrogens (tertiary/aromatic N) is 1. The molecule has 3 aliphatic rings. The van der Waals surface area contributed by atoms with Crippen LogP contribution in [0.25, 0.3) is 0 Å². The first-order valence-corrected chi connectivity index (χ1v) is 6.14. The Hall–Kier alpha value is -2.01. The van der Waals surface area contributed by atoms with Crippen molar-refractivity contribution in [3.63, 3.8) is 0 Å². The highest BCUT2D eigenvalue weighted by molar-refractivity contribution is 6.23. The maximum absolute atomic E-state index is 12.9. The van der Waals surface area contributed by atoms with Gasteiger partial charge in [0.2, 0.25) is 11.8 Å². The summed E-state index contributed by atoms with van der Waals surface area (Å²) in [5, 5.41) is 0. The summed E-state index contributed by atoms with van der Waals surface area (Å²) in [6.07, 6.45) is 3.09. The largest absolute Gasteiger partial charge is 0.365 e. The maximum Gasteiger partial charge on any atom is 0.240 e. The fourth-order valence-corrected chi connectivity index (χ4v) is 3.15. The van der Waals surface area contributed by atoms with E-state index in [1.165, 1.54) is 24.3 Å². The number of ether oxygens (including phenoxy) is 1. The summed E-state index contributed by atoms with van der Waals surface area (Å²) in [5.41, 5.74) is 0.421. The van der Waals surface area contributed by atoms with E-state index in [1.54, 1.807) is 0 Å². The van der Waals surface area contributed by atoms with Gasteiger partial charge in [0.1, 0.15) is 5.82 Å². The third kappa shape index (κ3) is 1.30. The number of carbonyl (C=O) groups excluding carboxylic acids is 2. The molecule has 0 aliphatic carbocycles. The number of carbonyl (C=O) groups is 2. The minimum Gasteiger partial charge on any atom is -0.365 e. The highest BCUT2D eigenvalue weighted by Crippen LogP contribution is 2.46. The number of fused-ring (bicyclic) bond motifs is 5. The molecule has 4 nitrogen and oxygen atoms in total. The van der Waals surface area contributed by atoms with Crippen LogP contribution in [0.15, 0.2) is 36.4 Å². The molecule has 2 fully saturated rings. The van der Waals surface area contributed by atoms with Crippen molar-refractivity contribution in [1.29, 1.82) is 0 Å². The van der Waals surface area contributed by atoms with E-state index in [-0.39, 0.29) is 24.0 Å². The predicted molar refractivity (Wildman–Crippen MR) is 63.7 cm³/mol. The molecule has 19 heavy (non-hydrogen) atoms. The topological polar surface area (TPSA) is 46.6 Å².